The van der Waals surface area contributed by atoms with Crippen LogP contribution in [0.1, 0.15) is 12.8 Å². The zero-order chi connectivity index (χ0) is 19.1. The summed E-state index contributed by atoms with van der Waals surface area (Å²) in [5.41, 5.74) is 1.87. The van der Waals surface area contributed by atoms with Crippen LogP contribution >= 0.6 is 0 Å². The standard InChI is InChI=1S/C20H20FN5O2/c21-19-16-4-1-12(10-23-16)20(19)28-18-6-5-15(24-25-18)14-3-2-13(9-17(14)27)26-8-7-22-11-26/h2-3,5-9,11-12,16,19-20,23,27H,1,4,10H2/t12-,16-,19-,20-/m0/s1. The molecule has 7 nitrogen and oxygen atoms in total. The number of aromatic nitrogens is 4. The number of ether oxygens (including phenoxy) is 1. The van der Waals surface area contributed by atoms with Crippen molar-refractivity contribution < 1.29 is 14.2 Å². The molecule has 3 aliphatic rings. The molecule has 0 unspecified atom stereocenters. The summed E-state index contributed by atoms with van der Waals surface area (Å²) in [6.07, 6.45) is 5.43. The third kappa shape index (κ3) is 2.99. The molecular formula is C20H20FN5O2. The van der Waals surface area contributed by atoms with E-state index in [1.54, 1.807) is 47.6 Å². The molecule has 8 heteroatoms. The highest BCUT2D eigenvalue weighted by Gasteiger charge is 2.45. The molecule has 2 aromatic heterocycles. The molecule has 4 atom stereocenters. The zero-order valence-corrected chi connectivity index (χ0v) is 15.1. The van der Waals surface area contributed by atoms with E-state index in [2.05, 4.69) is 20.5 Å². The minimum atomic E-state index is -1.03. The molecule has 1 aromatic carbocycles. The number of halogens is 1. The fourth-order valence-electron chi connectivity index (χ4n) is 4.08. The Hall–Kier alpha value is -3.00. The number of nitrogens with one attached hydrogen (secondary N) is 1. The first-order valence-corrected chi connectivity index (χ1v) is 9.38. The van der Waals surface area contributed by atoms with E-state index in [0.717, 1.165) is 25.1 Å². The molecule has 0 radical (unpaired) electrons. The van der Waals surface area contributed by atoms with Gasteiger partial charge in [-0.05, 0) is 31.0 Å². The van der Waals surface area contributed by atoms with Gasteiger partial charge in [0.15, 0.2) is 6.17 Å². The number of aromatic hydroxyl groups is 1. The molecule has 144 valence electrons. The molecule has 3 aromatic rings. The lowest BCUT2D eigenvalue weighted by molar-refractivity contribution is -0.0353. The summed E-state index contributed by atoms with van der Waals surface area (Å²) >= 11 is 0. The number of rotatable bonds is 4. The summed E-state index contributed by atoms with van der Waals surface area (Å²) in [4.78, 5) is 4.00. The molecule has 2 bridgehead atoms. The fraction of sp³-hybridized carbons (Fsp3) is 0.350. The maximum absolute atomic E-state index is 14.5. The van der Waals surface area contributed by atoms with Crippen LogP contribution in [0.2, 0.25) is 0 Å². The highest BCUT2D eigenvalue weighted by Crippen LogP contribution is 2.35. The molecule has 2 saturated heterocycles. The summed E-state index contributed by atoms with van der Waals surface area (Å²) in [6.45, 7) is 0.776. The molecule has 3 fully saturated rings. The monoisotopic (exact) mass is 381 g/mol. The van der Waals surface area contributed by atoms with Crippen LogP contribution in [-0.2, 0) is 0 Å². The van der Waals surface area contributed by atoms with Gasteiger partial charge in [-0.1, -0.05) is 0 Å². The molecular weight excluding hydrogens is 361 g/mol. The Balaban J connectivity index is 1.34. The van der Waals surface area contributed by atoms with Crippen molar-refractivity contribution in [2.75, 3.05) is 6.54 Å². The maximum Gasteiger partial charge on any atom is 0.233 e. The summed E-state index contributed by atoms with van der Waals surface area (Å²) in [5, 5.41) is 21.9. The van der Waals surface area contributed by atoms with E-state index in [-0.39, 0.29) is 17.7 Å². The molecule has 0 amide bonds. The first-order valence-electron chi connectivity index (χ1n) is 9.38. The Morgan fingerprint density at radius 3 is 2.75 bits per heavy atom. The highest BCUT2D eigenvalue weighted by atomic mass is 19.1. The van der Waals surface area contributed by atoms with Gasteiger partial charge in [-0.2, -0.15) is 0 Å². The van der Waals surface area contributed by atoms with Crippen LogP contribution in [0, 0.1) is 5.92 Å². The summed E-state index contributed by atoms with van der Waals surface area (Å²) in [5.74, 6) is 0.549. The van der Waals surface area contributed by atoms with E-state index in [1.165, 1.54) is 0 Å². The van der Waals surface area contributed by atoms with E-state index in [9.17, 15) is 9.50 Å². The number of fused-ring (bicyclic) bond motifs is 3. The molecule has 6 rings (SSSR count). The van der Waals surface area contributed by atoms with Crippen molar-refractivity contribution >= 4 is 0 Å². The van der Waals surface area contributed by atoms with Crippen molar-refractivity contribution in [3.05, 3.63) is 49.1 Å². The predicted molar refractivity (Wildman–Crippen MR) is 100 cm³/mol. The van der Waals surface area contributed by atoms with Crippen LogP contribution < -0.4 is 10.1 Å². The van der Waals surface area contributed by atoms with Gasteiger partial charge >= 0.3 is 0 Å². The number of hydrogen-bond donors (Lipinski definition) is 2. The number of phenols is 1. The van der Waals surface area contributed by atoms with Gasteiger partial charge in [-0.3, -0.25) is 0 Å². The molecule has 1 saturated carbocycles. The Morgan fingerprint density at radius 2 is 2.11 bits per heavy atom. The van der Waals surface area contributed by atoms with Crippen LogP contribution in [0.3, 0.4) is 0 Å². The minimum Gasteiger partial charge on any atom is -0.507 e. The van der Waals surface area contributed by atoms with Crippen LogP contribution in [0.15, 0.2) is 49.1 Å². The van der Waals surface area contributed by atoms with Gasteiger partial charge in [0.1, 0.15) is 11.9 Å². The topological polar surface area (TPSA) is 85.1 Å². The van der Waals surface area contributed by atoms with Gasteiger partial charge in [-0.25, -0.2) is 9.37 Å². The van der Waals surface area contributed by atoms with Gasteiger partial charge in [0.25, 0.3) is 0 Å². The number of alkyl halides is 1. The van der Waals surface area contributed by atoms with Gasteiger partial charge in [-0.15, -0.1) is 10.2 Å². The van der Waals surface area contributed by atoms with Crippen LogP contribution in [-0.4, -0.2) is 49.7 Å². The van der Waals surface area contributed by atoms with Crippen molar-refractivity contribution in [3.63, 3.8) is 0 Å². The molecule has 1 aliphatic carbocycles. The summed E-state index contributed by atoms with van der Waals surface area (Å²) in [7, 11) is 0. The minimum absolute atomic E-state index is 0.0913. The summed E-state index contributed by atoms with van der Waals surface area (Å²) < 4.78 is 22.1. The van der Waals surface area contributed by atoms with Crippen LogP contribution in [0.4, 0.5) is 4.39 Å². The van der Waals surface area contributed by atoms with Crippen molar-refractivity contribution in [2.24, 2.45) is 5.92 Å². The average molecular weight is 381 g/mol. The van der Waals surface area contributed by atoms with Gasteiger partial charge in [0.05, 0.1) is 17.7 Å². The van der Waals surface area contributed by atoms with E-state index in [0.29, 0.717) is 17.1 Å². The van der Waals surface area contributed by atoms with Crippen molar-refractivity contribution in [2.45, 2.75) is 31.2 Å². The third-order valence-corrected chi connectivity index (χ3v) is 5.61. The predicted octanol–water partition coefficient (Wildman–Crippen LogP) is 2.50. The highest BCUT2D eigenvalue weighted by molar-refractivity contribution is 5.68. The van der Waals surface area contributed by atoms with Gasteiger partial charge in [0, 0.05) is 48.6 Å². The molecule has 4 heterocycles. The second-order valence-electron chi connectivity index (χ2n) is 7.31. The Labute approximate surface area is 161 Å². The van der Waals surface area contributed by atoms with E-state index in [1.807, 2.05) is 6.07 Å². The molecule has 28 heavy (non-hydrogen) atoms. The molecule has 0 spiro atoms. The quantitative estimate of drug-likeness (QED) is 0.722. The number of piperidine rings is 2. The number of hydrogen-bond acceptors (Lipinski definition) is 6. The zero-order valence-electron chi connectivity index (χ0n) is 15.1. The number of nitrogens with zero attached hydrogens (tertiary/aromatic N) is 4. The largest absolute Gasteiger partial charge is 0.507 e. The molecule has 2 aliphatic heterocycles. The van der Waals surface area contributed by atoms with Crippen LogP contribution in [0.5, 0.6) is 11.6 Å². The fourth-order valence-corrected chi connectivity index (χ4v) is 4.08. The van der Waals surface area contributed by atoms with E-state index in [4.69, 9.17) is 4.74 Å². The lowest BCUT2D eigenvalue weighted by Crippen LogP contribution is -2.61. The first kappa shape index (κ1) is 17.1. The Kier molecular flexibility index (Phi) is 4.20. The first-order chi connectivity index (χ1) is 13.7. The van der Waals surface area contributed by atoms with Crippen LogP contribution in [0.25, 0.3) is 16.9 Å². The summed E-state index contributed by atoms with van der Waals surface area (Å²) in [6, 6.07) is 8.55. The van der Waals surface area contributed by atoms with E-state index < -0.39 is 12.3 Å². The number of imidazole rings is 1. The SMILES string of the molecule is Oc1cc(-n2ccnc2)ccc1-c1ccc(O[C@H]2[C@H]3CC[C@H](NC3)[C@@H]2F)nn1. The third-order valence-electron chi connectivity index (χ3n) is 5.61. The van der Waals surface area contributed by atoms with Crippen molar-refractivity contribution in [1.82, 2.24) is 25.1 Å². The smallest absolute Gasteiger partial charge is 0.233 e. The van der Waals surface area contributed by atoms with Crippen molar-refractivity contribution in [1.29, 1.82) is 0 Å². The maximum atomic E-state index is 14.5. The Morgan fingerprint density at radius 1 is 1.18 bits per heavy atom. The van der Waals surface area contributed by atoms with Gasteiger partial charge in [0.2, 0.25) is 5.88 Å². The van der Waals surface area contributed by atoms with Gasteiger partial charge < -0.3 is 19.7 Å². The van der Waals surface area contributed by atoms with Crippen molar-refractivity contribution in [3.8, 4) is 28.6 Å². The average Bonchev–Trinajstić information content (AvgIpc) is 3.27. The Bertz CT molecular complexity index is 953. The second kappa shape index (κ2) is 6.87. The van der Waals surface area contributed by atoms with E-state index >= 15 is 0 Å². The second-order valence-corrected chi connectivity index (χ2v) is 7.31. The lowest BCUT2D eigenvalue weighted by atomic mass is 9.78. The number of benzene rings is 1. The molecule has 2 N–H and O–H groups in total. The number of phenolic OH excluding ortho intramolecular Hbond substituents is 1. The normalized spacial score (nSPS) is 26.3. The lowest BCUT2D eigenvalue weighted by Gasteiger charge is -2.44.